The van der Waals surface area contributed by atoms with Crippen LogP contribution in [0.2, 0.25) is 0 Å². The topological polar surface area (TPSA) is 25.8 Å². The van der Waals surface area contributed by atoms with Crippen LogP contribution < -0.4 is 0 Å². The van der Waals surface area contributed by atoms with Gasteiger partial charge in [-0.25, -0.2) is 0 Å². The van der Waals surface area contributed by atoms with Gasteiger partial charge in [-0.3, -0.25) is 0 Å². The van der Waals surface area contributed by atoms with Crippen molar-refractivity contribution in [3.63, 3.8) is 0 Å². The van der Waals surface area contributed by atoms with Gasteiger partial charge in [0.15, 0.2) is 0 Å². The zero-order valence-electron chi connectivity index (χ0n) is 26.3. The molecule has 0 bridgehead atoms. The number of benzene rings is 4. The molecule has 7 rings (SSSR count). The summed E-state index contributed by atoms with van der Waals surface area (Å²) in [6, 6.07) is 44.7. The Bertz CT molecular complexity index is 2030. The molecule has 43 heavy (non-hydrogen) atoms. The molecule has 3 aromatic heterocycles. The maximum Gasteiger partial charge on any atom is 0.0399 e. The second-order valence-corrected chi connectivity index (χ2v) is 11.4. The van der Waals surface area contributed by atoms with Crippen LogP contribution in [0.5, 0.6) is 0 Å². The molecule has 3 heterocycles. The van der Waals surface area contributed by atoms with Crippen molar-refractivity contribution in [2.45, 2.75) is 32.6 Å². The Labute approximate surface area is 274 Å². The minimum atomic E-state index is -0.798. The van der Waals surface area contributed by atoms with Crippen LogP contribution >= 0.6 is 11.3 Å². The van der Waals surface area contributed by atoms with Crippen molar-refractivity contribution >= 4 is 31.5 Å². The van der Waals surface area contributed by atoms with Crippen LogP contribution in [0.3, 0.4) is 0 Å². The molecule has 1 unspecified atom stereocenters. The number of aromatic nitrogens is 2. The number of nitrogens with zero attached hydrogens (tertiary/aromatic N) is 2. The SMILES string of the molecule is [2H]C(C)(C)c1ccnc(-c2[c-]cc3sc4ccccc4c3c2)c1.[2H]C(C)(c1ccccc1)c1ccnc(-c2[c-]cccc2)c1.[Ir]. The van der Waals surface area contributed by atoms with E-state index >= 15 is 0 Å². The number of pyridine rings is 2. The van der Waals surface area contributed by atoms with Crippen molar-refractivity contribution in [1.82, 2.24) is 9.97 Å². The Balaban J connectivity index is 0.000000175. The van der Waals surface area contributed by atoms with Gasteiger partial charge in [-0.15, -0.1) is 59.7 Å². The van der Waals surface area contributed by atoms with Gasteiger partial charge in [0, 0.05) is 45.8 Å². The number of thiophene rings is 1. The quantitative estimate of drug-likeness (QED) is 0.164. The van der Waals surface area contributed by atoms with Gasteiger partial charge in [0.1, 0.15) is 0 Å². The average Bonchev–Trinajstić information content (AvgIpc) is 3.44. The molecule has 0 aliphatic carbocycles. The van der Waals surface area contributed by atoms with E-state index in [-0.39, 0.29) is 20.1 Å². The Hall–Kier alpha value is -3.95. The molecule has 215 valence electrons. The summed E-state index contributed by atoms with van der Waals surface area (Å²) in [5.74, 6) is -1.43. The molecule has 1 atom stereocenters. The minimum absolute atomic E-state index is 0. The van der Waals surface area contributed by atoms with Crippen LogP contribution in [-0.2, 0) is 20.1 Å². The molecule has 0 saturated heterocycles. The fraction of sp³-hybridized carbons (Fsp3) is 0.128. The van der Waals surface area contributed by atoms with E-state index in [9.17, 15) is 0 Å². The molecule has 4 heteroatoms. The third kappa shape index (κ3) is 7.00. The zero-order valence-corrected chi connectivity index (χ0v) is 27.5. The average molecular weight is 755 g/mol. The molecule has 0 aliphatic heterocycles. The summed E-state index contributed by atoms with van der Waals surface area (Å²) in [6.07, 6.45) is 3.55. The summed E-state index contributed by atoms with van der Waals surface area (Å²) in [5, 5.41) is 2.52. The number of hydrogen-bond donors (Lipinski definition) is 0. The van der Waals surface area contributed by atoms with Gasteiger partial charge >= 0.3 is 0 Å². The molecule has 1 radical (unpaired) electrons. The predicted molar refractivity (Wildman–Crippen MR) is 178 cm³/mol. The molecular weight excluding hydrogens is 721 g/mol. The first-order chi connectivity index (χ1) is 21.2. The third-order valence-electron chi connectivity index (χ3n) is 7.31. The van der Waals surface area contributed by atoms with Gasteiger partial charge in [0.25, 0.3) is 0 Å². The van der Waals surface area contributed by atoms with Crippen molar-refractivity contribution in [3.05, 3.63) is 156 Å². The van der Waals surface area contributed by atoms with E-state index in [4.69, 9.17) is 2.74 Å². The third-order valence-corrected chi connectivity index (χ3v) is 8.44. The molecule has 4 aromatic carbocycles. The van der Waals surface area contributed by atoms with Gasteiger partial charge in [-0.05, 0) is 56.7 Å². The fourth-order valence-electron chi connectivity index (χ4n) is 4.93. The Morgan fingerprint density at radius 1 is 0.628 bits per heavy atom. The second-order valence-electron chi connectivity index (χ2n) is 10.3. The van der Waals surface area contributed by atoms with E-state index < -0.39 is 11.8 Å². The Kier molecular flexibility index (Phi) is 9.08. The summed E-state index contributed by atoms with van der Waals surface area (Å²) < 4.78 is 19.5. The van der Waals surface area contributed by atoms with Crippen molar-refractivity contribution in [1.29, 1.82) is 0 Å². The van der Waals surface area contributed by atoms with E-state index in [1.165, 1.54) is 20.2 Å². The summed E-state index contributed by atoms with van der Waals surface area (Å²) >= 11 is 1.79. The Morgan fingerprint density at radius 3 is 2.05 bits per heavy atom. The van der Waals surface area contributed by atoms with Gasteiger partial charge in [0.05, 0.1) is 0 Å². The molecule has 0 saturated carbocycles. The number of rotatable bonds is 5. The molecule has 0 amide bonds. The van der Waals surface area contributed by atoms with Crippen LogP contribution in [0, 0.1) is 12.1 Å². The van der Waals surface area contributed by atoms with Gasteiger partial charge in [-0.1, -0.05) is 92.4 Å². The maximum atomic E-state index is 8.73. The molecule has 0 N–H and O–H groups in total. The molecule has 7 aromatic rings. The summed E-state index contributed by atoms with van der Waals surface area (Å²) in [7, 11) is 0. The largest absolute Gasteiger partial charge is 0.305 e. The van der Waals surface area contributed by atoms with Crippen LogP contribution in [0.1, 0.15) is 52.0 Å². The molecule has 2 nitrogen and oxygen atoms in total. The van der Waals surface area contributed by atoms with E-state index in [1.807, 2.05) is 99.6 Å². The monoisotopic (exact) mass is 755 g/mol. The van der Waals surface area contributed by atoms with Crippen LogP contribution in [0.15, 0.2) is 128 Å². The minimum Gasteiger partial charge on any atom is -0.305 e. The van der Waals surface area contributed by atoms with Crippen LogP contribution in [-0.4, -0.2) is 9.97 Å². The molecule has 0 aliphatic rings. The van der Waals surface area contributed by atoms with Crippen molar-refractivity contribution in [2.75, 3.05) is 0 Å². The normalized spacial score (nSPS) is 13.2. The first-order valence-corrected chi connectivity index (χ1v) is 14.8. The predicted octanol–water partition coefficient (Wildman–Crippen LogP) is 10.7. The van der Waals surface area contributed by atoms with E-state index in [0.29, 0.717) is 0 Å². The van der Waals surface area contributed by atoms with Gasteiger partial charge < -0.3 is 9.97 Å². The summed E-state index contributed by atoms with van der Waals surface area (Å²) in [4.78, 5) is 8.89. The van der Waals surface area contributed by atoms with Crippen LogP contribution in [0.25, 0.3) is 42.7 Å². The van der Waals surface area contributed by atoms with Crippen molar-refractivity contribution in [3.8, 4) is 22.5 Å². The standard InChI is InChI=1S/C20H16NS.C19H16N.Ir/c1-13(2)14-9-10-21-18(12-14)15-7-8-20-17(11-15)16-5-3-4-6-19(16)22-20;1-15(16-8-4-2-5-9-16)18-12-13-20-19(14-18)17-10-6-3-7-11-17;/h3-6,8-13H,1-2H3;2-10,12-15H,1H3;/q2*-1;/i13D;15D;. The number of fused-ring (bicyclic) bond motifs is 3. The fourth-order valence-corrected chi connectivity index (χ4v) is 5.99. The summed E-state index contributed by atoms with van der Waals surface area (Å²) in [6.45, 7) is 5.70. The van der Waals surface area contributed by atoms with E-state index in [1.54, 1.807) is 23.7 Å². The van der Waals surface area contributed by atoms with Crippen LogP contribution in [0.4, 0.5) is 0 Å². The molecule has 0 fully saturated rings. The molecular formula is C39H32IrN2S-2. The second kappa shape index (κ2) is 14.0. The maximum absolute atomic E-state index is 8.73. The van der Waals surface area contributed by atoms with Crippen molar-refractivity contribution in [2.24, 2.45) is 0 Å². The first kappa shape index (κ1) is 27.9. The van der Waals surface area contributed by atoms with Gasteiger partial charge in [-0.2, -0.15) is 11.3 Å². The molecule has 0 spiro atoms. The zero-order chi connectivity index (χ0) is 30.7. The smallest absolute Gasteiger partial charge is 0.0399 e. The van der Waals surface area contributed by atoms with E-state index in [2.05, 4.69) is 58.5 Å². The first-order valence-electron chi connectivity index (χ1n) is 15.0. The van der Waals surface area contributed by atoms with E-state index in [0.717, 1.165) is 39.2 Å². The summed E-state index contributed by atoms with van der Waals surface area (Å²) in [5.41, 5.74) is 6.51. The number of hydrogen-bond acceptors (Lipinski definition) is 3. The van der Waals surface area contributed by atoms with Crippen molar-refractivity contribution < 1.29 is 22.8 Å². The Morgan fingerprint density at radius 2 is 1.30 bits per heavy atom. The van der Waals surface area contributed by atoms with Gasteiger partial charge in [0.2, 0.25) is 0 Å².